The van der Waals surface area contributed by atoms with Gasteiger partial charge in [-0.15, -0.1) is 0 Å². The Kier molecular flexibility index (Phi) is 8.33. The van der Waals surface area contributed by atoms with Crippen molar-refractivity contribution in [3.8, 4) is 0 Å². The third kappa shape index (κ3) is 9.43. The van der Waals surface area contributed by atoms with Gasteiger partial charge in [0.2, 0.25) is 5.91 Å². The van der Waals surface area contributed by atoms with Crippen LogP contribution in [-0.4, -0.2) is 63.4 Å². The molecule has 0 aliphatic rings. The number of hydrogen-bond acceptors (Lipinski definition) is 6. The van der Waals surface area contributed by atoms with Crippen molar-refractivity contribution in [3.63, 3.8) is 0 Å². The molecule has 0 heterocycles. The molecule has 0 aliphatic carbocycles. The van der Waals surface area contributed by atoms with Crippen LogP contribution in [0.4, 0.5) is 0 Å². The monoisotopic (exact) mass is 294 g/mol. The van der Waals surface area contributed by atoms with E-state index in [-0.39, 0.29) is 30.3 Å². The maximum absolute atomic E-state index is 11.6. The normalized spacial score (nSPS) is 11.5. The number of esters is 1. The van der Waals surface area contributed by atoms with Crippen molar-refractivity contribution in [1.82, 2.24) is 4.90 Å². The lowest BCUT2D eigenvalue weighted by Gasteiger charge is -2.19. The van der Waals surface area contributed by atoms with Crippen LogP contribution in [-0.2, 0) is 24.2 Å². The molecule has 112 valence electrons. The highest BCUT2D eigenvalue weighted by Crippen LogP contribution is 1.98. The Morgan fingerprint density at radius 1 is 1.16 bits per heavy atom. The van der Waals surface area contributed by atoms with E-state index in [1.807, 2.05) is 11.8 Å². The molecule has 0 spiro atoms. The van der Waals surface area contributed by atoms with E-state index in [2.05, 4.69) is 4.74 Å². The summed E-state index contributed by atoms with van der Waals surface area (Å²) in [6, 6.07) is 0. The lowest BCUT2D eigenvalue weighted by Crippen LogP contribution is -2.32. The molecule has 0 aliphatic heterocycles. The summed E-state index contributed by atoms with van der Waals surface area (Å²) in [5, 5.41) is 0. The Balaban J connectivity index is 4.11. The number of ether oxygens (including phenoxy) is 1. The molecule has 0 atom stereocenters. The first-order valence-electron chi connectivity index (χ1n) is 6.08. The van der Waals surface area contributed by atoms with E-state index in [0.717, 1.165) is 0 Å². The number of rotatable bonds is 10. The molecule has 0 radical (unpaired) electrons. The Morgan fingerprint density at radius 2 is 1.79 bits per heavy atom. The second-order valence-electron chi connectivity index (χ2n) is 4.13. The molecule has 2 N–H and O–H groups in total. The van der Waals surface area contributed by atoms with Crippen molar-refractivity contribution in [3.05, 3.63) is 0 Å². The molecule has 0 fully saturated rings. The van der Waals surface area contributed by atoms with Gasteiger partial charge in [-0.3, -0.25) is 9.59 Å². The molecule has 0 aromatic heterocycles. The lowest BCUT2D eigenvalue weighted by molar-refractivity contribution is -0.141. The number of carbonyl (C=O) groups is 2. The standard InChI is InChI=1S/C11H22N2O5S/c1-3-13(6-4-11(15)18-2)7-9-19(16,17)8-5-10(12)14/h3-9H2,1-2H3,(H2,12,14). The van der Waals surface area contributed by atoms with Gasteiger partial charge in [-0.1, -0.05) is 6.92 Å². The molecule has 0 rings (SSSR count). The molecular weight excluding hydrogens is 272 g/mol. The van der Waals surface area contributed by atoms with E-state index < -0.39 is 15.7 Å². The highest BCUT2D eigenvalue weighted by molar-refractivity contribution is 7.91. The second kappa shape index (κ2) is 8.87. The van der Waals surface area contributed by atoms with Gasteiger partial charge in [0.1, 0.15) is 0 Å². The number of sulfone groups is 1. The Morgan fingerprint density at radius 3 is 2.26 bits per heavy atom. The van der Waals surface area contributed by atoms with Crippen LogP contribution in [0.2, 0.25) is 0 Å². The minimum atomic E-state index is -3.28. The van der Waals surface area contributed by atoms with Crippen molar-refractivity contribution in [2.45, 2.75) is 19.8 Å². The Labute approximate surface area is 114 Å². The van der Waals surface area contributed by atoms with Crippen LogP contribution in [0.15, 0.2) is 0 Å². The van der Waals surface area contributed by atoms with Gasteiger partial charge in [0, 0.05) is 19.5 Å². The maximum atomic E-state index is 11.6. The number of amides is 1. The lowest BCUT2D eigenvalue weighted by atomic mass is 10.4. The minimum absolute atomic E-state index is 0.0463. The smallest absolute Gasteiger partial charge is 0.306 e. The summed E-state index contributed by atoms with van der Waals surface area (Å²) in [7, 11) is -1.97. The fraction of sp³-hybridized carbons (Fsp3) is 0.818. The zero-order valence-corrected chi connectivity index (χ0v) is 12.2. The van der Waals surface area contributed by atoms with Crippen LogP contribution in [0.3, 0.4) is 0 Å². The van der Waals surface area contributed by atoms with Crippen LogP contribution in [0.1, 0.15) is 19.8 Å². The van der Waals surface area contributed by atoms with Crippen molar-refractivity contribution in [2.75, 3.05) is 38.2 Å². The topological polar surface area (TPSA) is 107 Å². The molecule has 0 bridgehead atoms. The number of methoxy groups -OCH3 is 1. The summed E-state index contributed by atoms with van der Waals surface area (Å²) in [5.74, 6) is -1.22. The molecule has 0 aromatic carbocycles. The zero-order valence-electron chi connectivity index (χ0n) is 11.4. The van der Waals surface area contributed by atoms with Crippen LogP contribution in [0, 0.1) is 0 Å². The van der Waals surface area contributed by atoms with E-state index in [1.165, 1.54) is 7.11 Å². The third-order valence-corrected chi connectivity index (χ3v) is 4.32. The number of hydrogen-bond donors (Lipinski definition) is 1. The molecule has 0 aromatic rings. The van der Waals surface area contributed by atoms with Crippen molar-refractivity contribution >= 4 is 21.7 Å². The first-order valence-corrected chi connectivity index (χ1v) is 7.90. The first kappa shape index (κ1) is 17.8. The van der Waals surface area contributed by atoms with E-state index in [4.69, 9.17) is 5.73 Å². The summed E-state index contributed by atoms with van der Waals surface area (Å²) in [6.07, 6.45) is 0.0717. The Bertz CT molecular complexity index is 394. The van der Waals surface area contributed by atoms with Gasteiger partial charge in [0.25, 0.3) is 0 Å². The molecule has 0 unspecified atom stereocenters. The average molecular weight is 294 g/mol. The SMILES string of the molecule is CCN(CCC(=O)OC)CCS(=O)(=O)CCC(N)=O. The van der Waals surface area contributed by atoms with Crippen LogP contribution >= 0.6 is 0 Å². The summed E-state index contributed by atoms with van der Waals surface area (Å²) >= 11 is 0. The summed E-state index contributed by atoms with van der Waals surface area (Å²) in [5.41, 5.74) is 4.91. The van der Waals surface area contributed by atoms with Crippen molar-refractivity contribution in [2.24, 2.45) is 5.73 Å². The maximum Gasteiger partial charge on any atom is 0.306 e. The molecule has 7 nitrogen and oxygen atoms in total. The number of nitrogens with zero attached hydrogens (tertiary/aromatic N) is 1. The molecule has 1 amide bonds. The number of nitrogens with two attached hydrogens (primary N) is 1. The van der Waals surface area contributed by atoms with E-state index in [1.54, 1.807) is 0 Å². The Hall–Kier alpha value is -1.15. The van der Waals surface area contributed by atoms with Gasteiger partial charge in [-0.25, -0.2) is 8.42 Å². The predicted octanol–water partition coefficient (Wildman–Crippen LogP) is -0.838. The highest BCUT2D eigenvalue weighted by Gasteiger charge is 2.15. The number of carbonyl (C=O) groups excluding carboxylic acids is 2. The first-order chi connectivity index (χ1) is 8.80. The van der Waals surface area contributed by atoms with Crippen molar-refractivity contribution in [1.29, 1.82) is 0 Å². The molecule has 0 saturated carbocycles. The van der Waals surface area contributed by atoms with Crippen LogP contribution in [0.25, 0.3) is 0 Å². The fourth-order valence-corrected chi connectivity index (χ4v) is 2.66. The summed E-state index contributed by atoms with van der Waals surface area (Å²) in [6.45, 7) is 3.30. The quantitative estimate of drug-likeness (QED) is 0.527. The average Bonchev–Trinajstić information content (AvgIpc) is 2.36. The van der Waals surface area contributed by atoms with Crippen molar-refractivity contribution < 1.29 is 22.7 Å². The zero-order chi connectivity index (χ0) is 14.9. The van der Waals surface area contributed by atoms with Gasteiger partial charge in [-0.2, -0.15) is 0 Å². The summed E-state index contributed by atoms with van der Waals surface area (Å²) < 4.78 is 27.8. The number of primary amides is 1. The second-order valence-corrected chi connectivity index (χ2v) is 6.43. The van der Waals surface area contributed by atoms with Crippen LogP contribution < -0.4 is 5.73 Å². The van der Waals surface area contributed by atoms with Gasteiger partial charge in [0.15, 0.2) is 9.84 Å². The van der Waals surface area contributed by atoms with Gasteiger partial charge >= 0.3 is 5.97 Å². The van der Waals surface area contributed by atoms with E-state index in [9.17, 15) is 18.0 Å². The van der Waals surface area contributed by atoms with E-state index >= 15 is 0 Å². The van der Waals surface area contributed by atoms with Gasteiger partial charge in [-0.05, 0) is 6.54 Å². The molecule has 0 saturated heterocycles. The molecular formula is C11H22N2O5S. The highest BCUT2D eigenvalue weighted by atomic mass is 32.2. The van der Waals surface area contributed by atoms with Crippen LogP contribution in [0.5, 0.6) is 0 Å². The third-order valence-electron chi connectivity index (χ3n) is 2.69. The fourth-order valence-electron chi connectivity index (χ4n) is 1.41. The molecule has 8 heteroatoms. The minimum Gasteiger partial charge on any atom is -0.469 e. The predicted molar refractivity (Wildman–Crippen MR) is 71.2 cm³/mol. The largest absolute Gasteiger partial charge is 0.469 e. The van der Waals surface area contributed by atoms with Gasteiger partial charge < -0.3 is 15.4 Å². The molecule has 19 heavy (non-hydrogen) atoms. The summed E-state index contributed by atoms with van der Waals surface area (Å²) in [4.78, 5) is 23.4. The van der Waals surface area contributed by atoms with E-state index in [0.29, 0.717) is 19.6 Å². The van der Waals surface area contributed by atoms with Gasteiger partial charge in [0.05, 0.1) is 25.0 Å².